The topological polar surface area (TPSA) is 66.4 Å². The molecule has 8 heteroatoms. The zero-order chi connectivity index (χ0) is 16.3. The molecule has 0 saturated heterocycles. The van der Waals surface area contributed by atoms with Crippen LogP contribution in [-0.4, -0.2) is 26.7 Å². The van der Waals surface area contributed by atoms with E-state index < -0.39 is 32.0 Å². The monoisotopic (exact) mass is 385 g/mol. The first-order valence-corrected chi connectivity index (χ1v) is 8.74. The summed E-state index contributed by atoms with van der Waals surface area (Å²) in [5.41, 5.74) is -0.601. The molecule has 0 unspecified atom stereocenters. The summed E-state index contributed by atoms with van der Waals surface area (Å²) in [6.07, 6.45) is 1.13. The Morgan fingerprint density at radius 1 is 1.29 bits per heavy atom. The van der Waals surface area contributed by atoms with E-state index in [4.69, 9.17) is 0 Å². The molecule has 21 heavy (non-hydrogen) atoms. The number of benzene rings is 1. The van der Waals surface area contributed by atoms with E-state index in [1.54, 1.807) is 0 Å². The smallest absolute Gasteiger partial charge is 0.244 e. The molecule has 0 aliphatic rings. The van der Waals surface area contributed by atoms with E-state index in [-0.39, 0.29) is 17.6 Å². The minimum Gasteiger partial charge on any atom is -0.396 e. The van der Waals surface area contributed by atoms with Crippen molar-refractivity contribution in [1.29, 1.82) is 0 Å². The van der Waals surface area contributed by atoms with E-state index in [0.29, 0.717) is 18.9 Å². The maximum absolute atomic E-state index is 13.7. The molecule has 4 nitrogen and oxygen atoms in total. The summed E-state index contributed by atoms with van der Waals surface area (Å²) in [5, 5.41) is 9.42. The predicted molar refractivity (Wildman–Crippen MR) is 79.3 cm³/mol. The molecule has 1 aromatic rings. The molecule has 120 valence electrons. The molecule has 0 aliphatic carbocycles. The van der Waals surface area contributed by atoms with Crippen LogP contribution in [0.1, 0.15) is 26.7 Å². The van der Waals surface area contributed by atoms with Crippen molar-refractivity contribution in [1.82, 2.24) is 4.72 Å². The molecule has 1 aromatic carbocycles. The number of hydrogen-bond donors (Lipinski definition) is 2. The molecule has 0 heterocycles. The Labute approximate surface area is 131 Å². The van der Waals surface area contributed by atoms with Crippen molar-refractivity contribution in [3.05, 3.63) is 28.2 Å². The standard InChI is InChI=1S/C13H18BrF2NO3S/c1-3-13(4-2,8-18)7-17-21(19,20)12-10(14)5-9(15)6-11(12)16/h5-6,17-18H,3-4,7-8H2,1-2H3. The van der Waals surface area contributed by atoms with Crippen LogP contribution in [-0.2, 0) is 10.0 Å². The molecule has 0 spiro atoms. The number of aliphatic hydroxyl groups excluding tert-OH is 1. The summed E-state index contributed by atoms with van der Waals surface area (Å²) >= 11 is 2.86. The second-order valence-corrected chi connectivity index (χ2v) is 7.45. The zero-order valence-electron chi connectivity index (χ0n) is 11.8. The van der Waals surface area contributed by atoms with Crippen molar-refractivity contribution in [3.8, 4) is 0 Å². The number of halogens is 3. The largest absolute Gasteiger partial charge is 0.396 e. The number of rotatable bonds is 7. The minimum absolute atomic E-state index is 0.0257. The van der Waals surface area contributed by atoms with Gasteiger partial charge in [0.05, 0.1) is 0 Å². The molecule has 0 fully saturated rings. The maximum Gasteiger partial charge on any atom is 0.244 e. The lowest BCUT2D eigenvalue weighted by Gasteiger charge is -2.29. The SMILES string of the molecule is CCC(CC)(CO)CNS(=O)(=O)c1c(F)cc(F)cc1Br. The molecule has 0 radical (unpaired) electrons. The van der Waals surface area contributed by atoms with Crippen LogP contribution < -0.4 is 4.72 Å². The van der Waals surface area contributed by atoms with Crippen LogP contribution in [0.15, 0.2) is 21.5 Å². The molecular formula is C13H18BrF2NO3S. The average Bonchev–Trinajstić information content (AvgIpc) is 2.39. The summed E-state index contributed by atoms with van der Waals surface area (Å²) in [4.78, 5) is -0.636. The van der Waals surface area contributed by atoms with E-state index in [0.717, 1.165) is 6.07 Å². The Balaban J connectivity index is 3.09. The van der Waals surface area contributed by atoms with Crippen LogP contribution in [0.3, 0.4) is 0 Å². The van der Waals surface area contributed by atoms with Crippen molar-refractivity contribution in [2.45, 2.75) is 31.6 Å². The number of aliphatic hydroxyl groups is 1. The lowest BCUT2D eigenvalue weighted by molar-refractivity contribution is 0.119. The van der Waals surface area contributed by atoms with E-state index >= 15 is 0 Å². The van der Waals surface area contributed by atoms with Crippen LogP contribution in [0.4, 0.5) is 8.78 Å². The average molecular weight is 386 g/mol. The van der Waals surface area contributed by atoms with Crippen molar-refractivity contribution in [2.24, 2.45) is 5.41 Å². The summed E-state index contributed by atoms with van der Waals surface area (Å²) in [5.74, 6) is -2.04. The van der Waals surface area contributed by atoms with Crippen LogP contribution in [0.5, 0.6) is 0 Å². The molecule has 0 amide bonds. The van der Waals surface area contributed by atoms with Gasteiger partial charge in [-0.1, -0.05) is 13.8 Å². The Morgan fingerprint density at radius 3 is 2.29 bits per heavy atom. The summed E-state index contributed by atoms with van der Waals surface area (Å²) < 4.78 is 53.2. The molecule has 0 aromatic heterocycles. The first kappa shape index (κ1) is 18.5. The van der Waals surface area contributed by atoms with Gasteiger partial charge in [0.1, 0.15) is 16.5 Å². The molecule has 0 aliphatic heterocycles. The molecule has 0 atom stereocenters. The second kappa shape index (κ2) is 7.13. The highest BCUT2D eigenvalue weighted by molar-refractivity contribution is 9.10. The highest BCUT2D eigenvalue weighted by Crippen LogP contribution is 2.28. The van der Waals surface area contributed by atoms with Gasteiger partial charge in [-0.05, 0) is 34.8 Å². The molecule has 2 N–H and O–H groups in total. The van der Waals surface area contributed by atoms with Gasteiger partial charge in [0, 0.05) is 29.1 Å². The van der Waals surface area contributed by atoms with E-state index in [9.17, 15) is 22.3 Å². The minimum atomic E-state index is -4.15. The molecule has 0 saturated carbocycles. The first-order chi connectivity index (χ1) is 9.71. The fourth-order valence-electron chi connectivity index (χ4n) is 1.89. The van der Waals surface area contributed by atoms with E-state index in [1.807, 2.05) is 13.8 Å². The van der Waals surface area contributed by atoms with Gasteiger partial charge in [0.2, 0.25) is 10.0 Å². The van der Waals surface area contributed by atoms with Crippen LogP contribution >= 0.6 is 15.9 Å². The van der Waals surface area contributed by atoms with Gasteiger partial charge < -0.3 is 5.11 Å². The van der Waals surface area contributed by atoms with Gasteiger partial charge in [-0.25, -0.2) is 21.9 Å². The summed E-state index contributed by atoms with van der Waals surface area (Å²) in [6, 6.07) is 1.40. The number of sulfonamides is 1. The lowest BCUT2D eigenvalue weighted by atomic mass is 9.84. The summed E-state index contributed by atoms with van der Waals surface area (Å²) in [6.45, 7) is 3.46. The Morgan fingerprint density at radius 2 is 1.86 bits per heavy atom. The summed E-state index contributed by atoms with van der Waals surface area (Å²) in [7, 11) is -4.15. The van der Waals surface area contributed by atoms with Crippen LogP contribution in [0.25, 0.3) is 0 Å². The number of hydrogen-bond acceptors (Lipinski definition) is 3. The fourth-order valence-corrected chi connectivity index (χ4v) is 4.20. The highest BCUT2D eigenvalue weighted by Gasteiger charge is 2.30. The van der Waals surface area contributed by atoms with Gasteiger partial charge in [-0.3, -0.25) is 0 Å². The zero-order valence-corrected chi connectivity index (χ0v) is 14.2. The second-order valence-electron chi connectivity index (χ2n) is 4.89. The van der Waals surface area contributed by atoms with Gasteiger partial charge in [-0.15, -0.1) is 0 Å². The van der Waals surface area contributed by atoms with Crippen molar-refractivity contribution in [2.75, 3.05) is 13.2 Å². The van der Waals surface area contributed by atoms with Gasteiger partial charge in [-0.2, -0.15) is 0 Å². The third kappa shape index (κ3) is 4.21. The van der Waals surface area contributed by atoms with Gasteiger partial charge in [0.25, 0.3) is 0 Å². The van der Waals surface area contributed by atoms with Crippen LogP contribution in [0.2, 0.25) is 0 Å². The third-order valence-electron chi connectivity index (χ3n) is 3.70. The molecule has 0 bridgehead atoms. The van der Waals surface area contributed by atoms with Gasteiger partial charge in [0.15, 0.2) is 0 Å². The normalized spacial score (nSPS) is 12.7. The third-order valence-corrected chi connectivity index (χ3v) is 6.07. The van der Waals surface area contributed by atoms with Gasteiger partial charge >= 0.3 is 0 Å². The van der Waals surface area contributed by atoms with Crippen molar-refractivity contribution in [3.63, 3.8) is 0 Å². The Bertz CT molecular complexity index is 572. The van der Waals surface area contributed by atoms with E-state index in [1.165, 1.54) is 0 Å². The molecule has 1 rings (SSSR count). The van der Waals surface area contributed by atoms with Crippen molar-refractivity contribution < 1.29 is 22.3 Å². The Kier molecular flexibility index (Phi) is 6.27. The van der Waals surface area contributed by atoms with Crippen molar-refractivity contribution >= 4 is 26.0 Å². The highest BCUT2D eigenvalue weighted by atomic mass is 79.9. The fraction of sp³-hybridized carbons (Fsp3) is 0.538. The predicted octanol–water partition coefficient (Wildman–Crippen LogP) is 2.80. The quantitative estimate of drug-likeness (QED) is 0.758. The maximum atomic E-state index is 13.7. The van der Waals surface area contributed by atoms with Crippen LogP contribution in [0, 0.1) is 17.0 Å². The molecular weight excluding hydrogens is 368 g/mol. The lowest BCUT2D eigenvalue weighted by Crippen LogP contribution is -2.39. The first-order valence-electron chi connectivity index (χ1n) is 6.46. The Hall–Kier alpha value is -0.570. The van der Waals surface area contributed by atoms with E-state index in [2.05, 4.69) is 20.7 Å². The number of nitrogens with one attached hydrogen (secondary N) is 1.